The minimum Gasteiger partial charge on any atom is -0.310 e. The van der Waals surface area contributed by atoms with Crippen LogP contribution in [0.3, 0.4) is 0 Å². The maximum absolute atomic E-state index is 13.5. The topological polar surface area (TPSA) is 15.3 Å². The highest BCUT2D eigenvalue weighted by Crippen LogP contribution is 2.25. The molecule has 0 aromatic heterocycles. The van der Waals surface area contributed by atoms with Gasteiger partial charge in [-0.25, -0.2) is 4.39 Å². The van der Waals surface area contributed by atoms with Gasteiger partial charge < -0.3 is 5.32 Å². The molecule has 1 aromatic rings. The third kappa shape index (κ3) is 3.83. The molecule has 1 atom stereocenters. The van der Waals surface area contributed by atoms with Crippen LogP contribution in [0.25, 0.3) is 0 Å². The molecule has 1 fully saturated rings. The van der Waals surface area contributed by atoms with Crippen LogP contribution in [0.4, 0.5) is 4.39 Å². The van der Waals surface area contributed by atoms with Crippen molar-refractivity contribution < 1.29 is 4.39 Å². The van der Waals surface area contributed by atoms with E-state index < -0.39 is 0 Å². The summed E-state index contributed by atoms with van der Waals surface area (Å²) in [7, 11) is 0. The van der Waals surface area contributed by atoms with E-state index in [-0.39, 0.29) is 11.4 Å². The van der Waals surface area contributed by atoms with E-state index in [4.69, 9.17) is 0 Å². The lowest BCUT2D eigenvalue weighted by atomic mass is 9.92. The quantitative estimate of drug-likeness (QED) is 0.906. The van der Waals surface area contributed by atoms with E-state index in [9.17, 15) is 4.39 Å². The van der Waals surface area contributed by atoms with E-state index >= 15 is 0 Å². The number of nitrogens with one attached hydrogen (secondary N) is 1. The van der Waals surface area contributed by atoms with Crippen molar-refractivity contribution in [1.29, 1.82) is 0 Å². The van der Waals surface area contributed by atoms with Gasteiger partial charge in [0.1, 0.15) is 5.82 Å². The lowest BCUT2D eigenvalue weighted by molar-refractivity contribution is 0.152. The van der Waals surface area contributed by atoms with Crippen molar-refractivity contribution in [2.45, 2.75) is 65.1 Å². The second-order valence-electron chi connectivity index (χ2n) is 6.53. The highest BCUT2D eigenvalue weighted by atomic mass is 19.1. The van der Waals surface area contributed by atoms with Gasteiger partial charge in [-0.05, 0) is 62.9 Å². The van der Waals surface area contributed by atoms with Crippen molar-refractivity contribution in [3.05, 3.63) is 35.1 Å². The normalized spacial score (nSPS) is 23.0. The van der Waals surface area contributed by atoms with Crippen molar-refractivity contribution >= 4 is 0 Å². The molecule has 0 amide bonds. The molecule has 21 heavy (non-hydrogen) atoms. The van der Waals surface area contributed by atoms with Gasteiger partial charge in [0.15, 0.2) is 0 Å². The number of benzene rings is 1. The van der Waals surface area contributed by atoms with Gasteiger partial charge in [0, 0.05) is 24.7 Å². The maximum atomic E-state index is 13.5. The number of nitrogens with zero attached hydrogens (tertiary/aromatic N) is 1. The van der Waals surface area contributed by atoms with Crippen LogP contribution in [0.2, 0.25) is 0 Å². The standard InChI is InChI=1S/C18H29FN2/c1-5-18(6-2)13-21(15(4)9-10-20-18)12-16-11-17(19)8-7-14(16)3/h7-8,11,15,20H,5-6,9-10,12-13H2,1-4H3. The predicted octanol–water partition coefficient (Wildman–Crippen LogP) is 3.88. The van der Waals surface area contributed by atoms with Gasteiger partial charge in [-0.3, -0.25) is 4.90 Å². The van der Waals surface area contributed by atoms with Crippen LogP contribution in [-0.4, -0.2) is 29.6 Å². The Kier molecular flexibility index (Phi) is 5.39. The molecule has 2 rings (SSSR count). The number of hydrogen-bond donors (Lipinski definition) is 1. The Bertz CT molecular complexity index is 468. The second kappa shape index (κ2) is 6.89. The van der Waals surface area contributed by atoms with Crippen LogP contribution < -0.4 is 5.32 Å². The average Bonchev–Trinajstić information content (AvgIpc) is 2.63. The van der Waals surface area contributed by atoms with Crippen LogP contribution in [0.15, 0.2) is 18.2 Å². The van der Waals surface area contributed by atoms with Crippen molar-refractivity contribution in [3.63, 3.8) is 0 Å². The first-order valence-corrected chi connectivity index (χ1v) is 8.24. The average molecular weight is 292 g/mol. The van der Waals surface area contributed by atoms with E-state index in [0.29, 0.717) is 6.04 Å². The molecule has 0 radical (unpaired) electrons. The van der Waals surface area contributed by atoms with Crippen molar-refractivity contribution in [2.75, 3.05) is 13.1 Å². The minimum atomic E-state index is -0.131. The molecule has 1 aliphatic heterocycles. The Morgan fingerprint density at radius 3 is 2.71 bits per heavy atom. The molecular formula is C18H29FN2. The van der Waals surface area contributed by atoms with Crippen LogP contribution in [-0.2, 0) is 6.54 Å². The Morgan fingerprint density at radius 1 is 1.33 bits per heavy atom. The monoisotopic (exact) mass is 292 g/mol. The lowest BCUT2D eigenvalue weighted by Gasteiger charge is -2.37. The zero-order valence-electron chi connectivity index (χ0n) is 13.9. The third-order valence-corrected chi connectivity index (χ3v) is 5.23. The summed E-state index contributed by atoms with van der Waals surface area (Å²) in [4.78, 5) is 2.52. The minimum absolute atomic E-state index is 0.131. The molecule has 1 unspecified atom stereocenters. The van der Waals surface area contributed by atoms with E-state index in [1.54, 1.807) is 12.1 Å². The fourth-order valence-electron chi connectivity index (χ4n) is 3.29. The summed E-state index contributed by atoms with van der Waals surface area (Å²) in [6.45, 7) is 11.8. The molecular weight excluding hydrogens is 263 g/mol. The van der Waals surface area contributed by atoms with Crippen molar-refractivity contribution in [2.24, 2.45) is 0 Å². The highest BCUT2D eigenvalue weighted by molar-refractivity contribution is 5.26. The van der Waals surface area contributed by atoms with Crippen LogP contribution in [0, 0.1) is 12.7 Å². The van der Waals surface area contributed by atoms with Gasteiger partial charge in [0.2, 0.25) is 0 Å². The zero-order chi connectivity index (χ0) is 15.5. The molecule has 1 heterocycles. The van der Waals surface area contributed by atoms with Gasteiger partial charge >= 0.3 is 0 Å². The first-order chi connectivity index (χ1) is 9.99. The van der Waals surface area contributed by atoms with Gasteiger partial charge in [-0.2, -0.15) is 0 Å². The summed E-state index contributed by atoms with van der Waals surface area (Å²) in [5.74, 6) is -0.131. The molecule has 2 nitrogen and oxygen atoms in total. The number of rotatable bonds is 4. The zero-order valence-corrected chi connectivity index (χ0v) is 13.9. The molecule has 0 saturated carbocycles. The molecule has 1 N–H and O–H groups in total. The SMILES string of the molecule is CCC1(CC)CN(Cc2cc(F)ccc2C)C(C)CCN1. The number of aryl methyl sites for hydroxylation is 1. The molecule has 1 saturated heterocycles. The van der Waals surface area contributed by atoms with Gasteiger partial charge in [-0.15, -0.1) is 0 Å². The summed E-state index contributed by atoms with van der Waals surface area (Å²) in [6, 6.07) is 5.66. The molecule has 1 aromatic carbocycles. The summed E-state index contributed by atoms with van der Waals surface area (Å²) in [5, 5.41) is 3.75. The molecule has 118 valence electrons. The number of halogens is 1. The lowest BCUT2D eigenvalue weighted by Crippen LogP contribution is -2.51. The van der Waals surface area contributed by atoms with Crippen molar-refractivity contribution in [1.82, 2.24) is 10.2 Å². The highest BCUT2D eigenvalue weighted by Gasteiger charge is 2.32. The molecule has 0 spiro atoms. The van der Waals surface area contributed by atoms with Crippen LogP contribution in [0.5, 0.6) is 0 Å². The second-order valence-corrected chi connectivity index (χ2v) is 6.53. The Labute approximate surface area is 128 Å². The van der Waals surface area contributed by atoms with Gasteiger partial charge in [0.25, 0.3) is 0 Å². The maximum Gasteiger partial charge on any atom is 0.123 e. The van der Waals surface area contributed by atoms with E-state index in [0.717, 1.165) is 44.5 Å². The van der Waals surface area contributed by atoms with Gasteiger partial charge in [0.05, 0.1) is 0 Å². The Balaban J connectivity index is 2.21. The molecule has 0 bridgehead atoms. The summed E-state index contributed by atoms with van der Waals surface area (Å²) < 4.78 is 13.5. The summed E-state index contributed by atoms with van der Waals surface area (Å²) in [5.41, 5.74) is 2.50. The third-order valence-electron chi connectivity index (χ3n) is 5.23. The molecule has 0 aliphatic carbocycles. The van der Waals surface area contributed by atoms with Crippen LogP contribution in [0.1, 0.15) is 51.2 Å². The predicted molar refractivity (Wildman–Crippen MR) is 86.9 cm³/mol. The largest absolute Gasteiger partial charge is 0.310 e. The summed E-state index contributed by atoms with van der Waals surface area (Å²) >= 11 is 0. The van der Waals surface area contributed by atoms with E-state index in [1.807, 2.05) is 6.07 Å². The molecule has 1 aliphatic rings. The van der Waals surface area contributed by atoms with Gasteiger partial charge in [-0.1, -0.05) is 19.9 Å². The number of hydrogen-bond acceptors (Lipinski definition) is 2. The molecule has 3 heteroatoms. The smallest absolute Gasteiger partial charge is 0.123 e. The van der Waals surface area contributed by atoms with E-state index in [2.05, 4.69) is 37.9 Å². The summed E-state index contributed by atoms with van der Waals surface area (Å²) in [6.07, 6.45) is 3.42. The first-order valence-electron chi connectivity index (χ1n) is 8.24. The van der Waals surface area contributed by atoms with Crippen LogP contribution >= 0.6 is 0 Å². The van der Waals surface area contributed by atoms with E-state index in [1.165, 1.54) is 5.56 Å². The Morgan fingerprint density at radius 2 is 2.05 bits per heavy atom. The Hall–Kier alpha value is -0.930. The first kappa shape index (κ1) is 16.4. The fraction of sp³-hybridized carbons (Fsp3) is 0.667. The fourth-order valence-corrected chi connectivity index (χ4v) is 3.29. The van der Waals surface area contributed by atoms with Crippen molar-refractivity contribution in [3.8, 4) is 0 Å².